The Morgan fingerprint density at radius 3 is 2.46 bits per heavy atom. The largest absolute Gasteiger partial charge is 0.354 e. The lowest BCUT2D eigenvalue weighted by Gasteiger charge is -2.39. The van der Waals surface area contributed by atoms with Crippen LogP contribution in [0.3, 0.4) is 0 Å². The van der Waals surface area contributed by atoms with E-state index >= 15 is 0 Å². The van der Waals surface area contributed by atoms with Gasteiger partial charge in [0, 0.05) is 51.0 Å². The molecule has 0 N–H and O–H groups in total. The van der Waals surface area contributed by atoms with Crippen LogP contribution in [0.1, 0.15) is 32.1 Å². The number of tetrazole rings is 1. The number of rotatable bonds is 10. The van der Waals surface area contributed by atoms with Gasteiger partial charge in [-0.1, -0.05) is 42.8 Å². The SMILES string of the molecule is c1ccc(-c2nnn(CCCCCN3CCCC(CN4CCN(c5ccccn5)CC4)C3)n2)cc1. The molecule has 2 saturated heterocycles. The summed E-state index contributed by atoms with van der Waals surface area (Å²) in [5.74, 6) is 2.64. The minimum Gasteiger partial charge on any atom is -0.354 e. The molecule has 0 saturated carbocycles. The standard InChI is InChI=1S/C27H38N8/c1-3-11-25(12-4-1)27-29-31-35(30-27)17-8-2-7-15-32-16-9-10-24(22-32)23-33-18-20-34(21-19-33)26-13-5-6-14-28-26/h1,3-6,11-14,24H,2,7-10,15-23H2. The van der Waals surface area contributed by atoms with Gasteiger partial charge in [-0.3, -0.25) is 4.90 Å². The fraction of sp³-hybridized carbons (Fsp3) is 0.556. The van der Waals surface area contributed by atoms with Crippen molar-refractivity contribution in [2.24, 2.45) is 5.92 Å². The molecule has 186 valence electrons. The van der Waals surface area contributed by atoms with Gasteiger partial charge in [0.1, 0.15) is 5.82 Å². The Hall–Kier alpha value is -2.84. The van der Waals surface area contributed by atoms with Crippen molar-refractivity contribution in [1.29, 1.82) is 0 Å². The highest BCUT2D eigenvalue weighted by Gasteiger charge is 2.24. The molecule has 8 heteroatoms. The number of piperidine rings is 1. The average molecular weight is 475 g/mol. The first-order chi connectivity index (χ1) is 17.3. The summed E-state index contributed by atoms with van der Waals surface area (Å²) in [4.78, 5) is 14.0. The van der Waals surface area contributed by atoms with E-state index in [2.05, 4.69) is 47.2 Å². The van der Waals surface area contributed by atoms with E-state index in [0.29, 0.717) is 5.82 Å². The van der Waals surface area contributed by atoms with Gasteiger partial charge in [0.25, 0.3) is 0 Å². The zero-order valence-electron chi connectivity index (χ0n) is 20.8. The molecule has 2 fully saturated rings. The Bertz CT molecular complexity index is 1000. The maximum Gasteiger partial charge on any atom is 0.204 e. The molecule has 1 atom stereocenters. The van der Waals surface area contributed by atoms with Gasteiger partial charge in [0.2, 0.25) is 5.82 Å². The molecule has 35 heavy (non-hydrogen) atoms. The summed E-state index contributed by atoms with van der Waals surface area (Å²) in [6, 6.07) is 16.3. The highest BCUT2D eigenvalue weighted by molar-refractivity contribution is 5.52. The highest BCUT2D eigenvalue weighted by Crippen LogP contribution is 2.20. The lowest BCUT2D eigenvalue weighted by Crippen LogP contribution is -2.49. The van der Waals surface area contributed by atoms with Gasteiger partial charge in [0.05, 0.1) is 6.54 Å². The van der Waals surface area contributed by atoms with Crippen LogP contribution < -0.4 is 4.90 Å². The molecule has 0 spiro atoms. The Kier molecular flexibility index (Phi) is 8.34. The fourth-order valence-electron chi connectivity index (χ4n) is 5.38. The number of hydrogen-bond donors (Lipinski definition) is 0. The van der Waals surface area contributed by atoms with Crippen molar-refractivity contribution in [3.05, 3.63) is 54.7 Å². The van der Waals surface area contributed by atoms with Gasteiger partial charge < -0.3 is 9.80 Å². The van der Waals surface area contributed by atoms with Crippen LogP contribution in [0, 0.1) is 5.92 Å². The van der Waals surface area contributed by atoms with Crippen molar-refractivity contribution in [3.63, 3.8) is 0 Å². The van der Waals surface area contributed by atoms with Gasteiger partial charge in [-0.05, 0) is 62.0 Å². The van der Waals surface area contributed by atoms with Crippen LogP contribution in [0.4, 0.5) is 5.82 Å². The van der Waals surface area contributed by atoms with Crippen molar-refractivity contribution >= 4 is 5.82 Å². The molecule has 0 bridgehead atoms. The maximum atomic E-state index is 4.53. The molecule has 0 aliphatic carbocycles. The number of aryl methyl sites for hydroxylation is 1. The molecule has 3 aromatic rings. The highest BCUT2D eigenvalue weighted by atomic mass is 15.6. The van der Waals surface area contributed by atoms with Crippen molar-refractivity contribution in [3.8, 4) is 11.4 Å². The minimum absolute atomic E-state index is 0.711. The number of benzene rings is 1. The van der Waals surface area contributed by atoms with Gasteiger partial charge in [-0.2, -0.15) is 4.80 Å². The number of hydrogen-bond acceptors (Lipinski definition) is 7. The van der Waals surface area contributed by atoms with Crippen LogP contribution >= 0.6 is 0 Å². The second kappa shape index (κ2) is 12.2. The third kappa shape index (κ3) is 6.86. The van der Waals surface area contributed by atoms with Crippen molar-refractivity contribution in [2.75, 3.05) is 57.3 Å². The Labute approximate surface area is 208 Å². The van der Waals surface area contributed by atoms with E-state index < -0.39 is 0 Å². The Morgan fingerprint density at radius 2 is 1.63 bits per heavy atom. The van der Waals surface area contributed by atoms with Crippen LogP contribution in [0.15, 0.2) is 54.7 Å². The second-order valence-corrected chi connectivity index (χ2v) is 9.92. The molecule has 2 aliphatic rings. The van der Waals surface area contributed by atoms with Gasteiger partial charge in [-0.25, -0.2) is 4.98 Å². The van der Waals surface area contributed by atoms with E-state index in [1.54, 1.807) is 4.80 Å². The van der Waals surface area contributed by atoms with Crippen LogP contribution in [-0.2, 0) is 6.54 Å². The third-order valence-corrected chi connectivity index (χ3v) is 7.28. The third-order valence-electron chi connectivity index (χ3n) is 7.28. The lowest BCUT2D eigenvalue weighted by molar-refractivity contribution is 0.128. The number of unbranched alkanes of at least 4 members (excludes halogenated alkanes) is 2. The van der Waals surface area contributed by atoms with Crippen LogP contribution in [-0.4, -0.2) is 87.3 Å². The smallest absolute Gasteiger partial charge is 0.204 e. The molecule has 8 nitrogen and oxygen atoms in total. The molecular weight excluding hydrogens is 436 g/mol. The van der Waals surface area contributed by atoms with E-state index in [0.717, 1.165) is 56.4 Å². The molecular formula is C27H38N8. The molecule has 0 radical (unpaired) electrons. The number of piperazine rings is 1. The fourth-order valence-corrected chi connectivity index (χ4v) is 5.38. The molecule has 2 aromatic heterocycles. The monoisotopic (exact) mass is 474 g/mol. The zero-order chi connectivity index (χ0) is 23.7. The zero-order valence-corrected chi connectivity index (χ0v) is 20.8. The topological polar surface area (TPSA) is 66.2 Å². The molecule has 1 unspecified atom stereocenters. The number of aromatic nitrogens is 5. The summed E-state index contributed by atoms with van der Waals surface area (Å²) in [6.45, 7) is 10.3. The molecule has 5 rings (SSSR count). The number of anilines is 1. The first-order valence-electron chi connectivity index (χ1n) is 13.3. The van der Waals surface area contributed by atoms with Crippen molar-refractivity contribution < 1.29 is 0 Å². The molecule has 2 aliphatic heterocycles. The summed E-state index contributed by atoms with van der Waals surface area (Å²) in [5, 5.41) is 12.9. The Morgan fingerprint density at radius 1 is 0.800 bits per heavy atom. The lowest BCUT2D eigenvalue weighted by atomic mass is 9.96. The number of likely N-dealkylation sites (tertiary alicyclic amines) is 1. The van der Waals surface area contributed by atoms with Crippen LogP contribution in [0.2, 0.25) is 0 Å². The van der Waals surface area contributed by atoms with Gasteiger partial charge >= 0.3 is 0 Å². The van der Waals surface area contributed by atoms with Crippen LogP contribution in [0.25, 0.3) is 11.4 Å². The van der Waals surface area contributed by atoms with Gasteiger partial charge in [-0.15, -0.1) is 10.2 Å². The summed E-state index contributed by atoms with van der Waals surface area (Å²) in [6.07, 6.45) is 8.16. The predicted octanol–water partition coefficient (Wildman–Crippen LogP) is 3.44. The van der Waals surface area contributed by atoms with E-state index in [4.69, 9.17) is 0 Å². The normalized spacial score (nSPS) is 19.8. The first kappa shape index (κ1) is 23.9. The molecule has 1 aromatic carbocycles. The summed E-state index contributed by atoms with van der Waals surface area (Å²) < 4.78 is 0. The quantitative estimate of drug-likeness (QED) is 0.417. The van der Waals surface area contributed by atoms with E-state index in [-0.39, 0.29) is 0 Å². The molecule has 4 heterocycles. The average Bonchev–Trinajstić information content (AvgIpc) is 3.39. The summed E-state index contributed by atoms with van der Waals surface area (Å²) in [5.41, 5.74) is 1.02. The minimum atomic E-state index is 0.711. The maximum absolute atomic E-state index is 4.53. The summed E-state index contributed by atoms with van der Waals surface area (Å²) >= 11 is 0. The Balaban J connectivity index is 0.968. The first-order valence-corrected chi connectivity index (χ1v) is 13.3. The number of nitrogens with zero attached hydrogens (tertiary/aromatic N) is 8. The van der Waals surface area contributed by atoms with Crippen molar-refractivity contribution in [2.45, 2.75) is 38.6 Å². The van der Waals surface area contributed by atoms with Crippen LogP contribution in [0.5, 0.6) is 0 Å². The number of pyridine rings is 1. The van der Waals surface area contributed by atoms with E-state index in [1.165, 1.54) is 51.9 Å². The van der Waals surface area contributed by atoms with Crippen molar-refractivity contribution in [1.82, 2.24) is 35.0 Å². The van der Waals surface area contributed by atoms with Gasteiger partial charge in [0.15, 0.2) is 0 Å². The second-order valence-electron chi connectivity index (χ2n) is 9.92. The molecule has 0 amide bonds. The van der Waals surface area contributed by atoms with E-state index in [9.17, 15) is 0 Å². The predicted molar refractivity (Wildman–Crippen MR) is 139 cm³/mol. The van der Waals surface area contributed by atoms with E-state index in [1.807, 2.05) is 42.6 Å². The summed E-state index contributed by atoms with van der Waals surface area (Å²) in [7, 11) is 0.